The van der Waals surface area contributed by atoms with Gasteiger partial charge in [0.1, 0.15) is 5.75 Å². The number of carbonyl (C=O) groups excluding carboxylic acids is 1. The molecule has 1 amide bonds. The van der Waals surface area contributed by atoms with Gasteiger partial charge in [0.05, 0.1) is 4.88 Å². The molecule has 0 spiro atoms. The van der Waals surface area contributed by atoms with Gasteiger partial charge in [-0.15, -0.1) is 24.5 Å². The van der Waals surface area contributed by atoms with E-state index in [9.17, 15) is 22.8 Å². The lowest BCUT2D eigenvalue weighted by atomic mass is 9.84. The maximum atomic E-state index is 12.5. The van der Waals surface area contributed by atoms with Crippen molar-refractivity contribution in [3.8, 4) is 16.9 Å². The molecule has 3 rings (SSSR count). The van der Waals surface area contributed by atoms with Crippen molar-refractivity contribution in [3.63, 3.8) is 0 Å². The summed E-state index contributed by atoms with van der Waals surface area (Å²) in [4.78, 5) is 23.9. The summed E-state index contributed by atoms with van der Waals surface area (Å²) >= 11 is 1.25. The van der Waals surface area contributed by atoms with Crippen LogP contribution in [0.5, 0.6) is 5.75 Å². The number of alkyl halides is 3. The summed E-state index contributed by atoms with van der Waals surface area (Å²) < 4.78 is 40.6. The molecular weight excluding hydrogens is 407 g/mol. The number of hydrogen-bond acceptors (Lipinski definition) is 4. The van der Waals surface area contributed by atoms with E-state index in [1.807, 2.05) is 0 Å². The van der Waals surface area contributed by atoms with Crippen LogP contribution in [-0.4, -0.2) is 29.4 Å². The molecule has 0 bridgehead atoms. The molecule has 0 saturated heterocycles. The number of carbonyl (C=O) groups is 2. The number of thiophene rings is 1. The van der Waals surface area contributed by atoms with Crippen molar-refractivity contribution >= 4 is 23.2 Å². The highest BCUT2D eigenvalue weighted by Crippen LogP contribution is 2.30. The summed E-state index contributed by atoms with van der Waals surface area (Å²) in [6.45, 7) is 0. The van der Waals surface area contributed by atoms with Crippen molar-refractivity contribution in [2.75, 3.05) is 0 Å². The molecule has 9 heteroatoms. The molecule has 1 aromatic heterocycles. The van der Waals surface area contributed by atoms with Gasteiger partial charge in [0.25, 0.3) is 5.91 Å². The van der Waals surface area contributed by atoms with Gasteiger partial charge in [-0.25, -0.2) is 0 Å². The third-order valence-corrected chi connectivity index (χ3v) is 5.75. The van der Waals surface area contributed by atoms with Gasteiger partial charge in [0.2, 0.25) is 0 Å². The van der Waals surface area contributed by atoms with Gasteiger partial charge in [-0.3, -0.25) is 9.59 Å². The number of aliphatic carboxylic acids is 1. The van der Waals surface area contributed by atoms with Gasteiger partial charge in [-0.05, 0) is 59.9 Å². The average molecular weight is 427 g/mol. The van der Waals surface area contributed by atoms with E-state index in [1.165, 1.54) is 35.6 Å². The van der Waals surface area contributed by atoms with Crippen LogP contribution in [0.25, 0.3) is 11.1 Å². The molecule has 0 radical (unpaired) electrons. The number of carboxylic acids is 1. The lowest BCUT2D eigenvalue weighted by Crippen LogP contribution is -2.38. The number of benzene rings is 1. The zero-order valence-corrected chi connectivity index (χ0v) is 16.2. The fraction of sp³-hybridized carbons (Fsp3) is 0.400. The zero-order chi connectivity index (χ0) is 21.0. The predicted octanol–water partition coefficient (Wildman–Crippen LogP) is 5.08. The Morgan fingerprint density at radius 1 is 1.17 bits per heavy atom. The van der Waals surface area contributed by atoms with Gasteiger partial charge in [-0.2, -0.15) is 0 Å². The van der Waals surface area contributed by atoms with Crippen molar-refractivity contribution in [1.29, 1.82) is 0 Å². The molecule has 2 unspecified atom stereocenters. The van der Waals surface area contributed by atoms with Crippen LogP contribution >= 0.6 is 11.3 Å². The van der Waals surface area contributed by atoms with Crippen LogP contribution in [-0.2, 0) is 4.79 Å². The topological polar surface area (TPSA) is 75.6 Å². The maximum absolute atomic E-state index is 12.5. The van der Waals surface area contributed by atoms with Crippen LogP contribution in [0.1, 0.15) is 41.8 Å². The average Bonchev–Trinajstić information content (AvgIpc) is 3.11. The summed E-state index contributed by atoms with van der Waals surface area (Å²) in [7, 11) is 0. The Bertz CT molecular complexity index is 863. The second-order valence-electron chi connectivity index (χ2n) is 7.07. The van der Waals surface area contributed by atoms with Crippen molar-refractivity contribution in [3.05, 3.63) is 40.6 Å². The minimum absolute atomic E-state index is 0.0510. The summed E-state index contributed by atoms with van der Waals surface area (Å²) in [6, 6.07) is 7.10. The van der Waals surface area contributed by atoms with Crippen molar-refractivity contribution < 1.29 is 32.6 Å². The number of ether oxygens (including phenoxy) is 1. The quantitative estimate of drug-likeness (QED) is 0.674. The minimum atomic E-state index is -4.74. The Kier molecular flexibility index (Phi) is 6.46. The first kappa shape index (κ1) is 21.2. The largest absolute Gasteiger partial charge is 0.573 e. The van der Waals surface area contributed by atoms with E-state index >= 15 is 0 Å². The van der Waals surface area contributed by atoms with Gasteiger partial charge in [0.15, 0.2) is 0 Å². The van der Waals surface area contributed by atoms with Gasteiger partial charge in [-0.1, -0.05) is 18.6 Å². The van der Waals surface area contributed by atoms with Gasteiger partial charge >= 0.3 is 12.3 Å². The molecule has 1 aliphatic carbocycles. The molecule has 1 heterocycles. The number of rotatable bonds is 6. The second kappa shape index (κ2) is 8.86. The molecule has 2 atom stereocenters. The number of carboxylic acid groups (broad SMARTS) is 1. The third kappa shape index (κ3) is 6.22. The van der Waals surface area contributed by atoms with Crippen LogP contribution < -0.4 is 10.1 Å². The van der Waals surface area contributed by atoms with Crippen molar-refractivity contribution in [1.82, 2.24) is 5.32 Å². The Morgan fingerprint density at radius 2 is 1.90 bits per heavy atom. The molecule has 1 aliphatic rings. The fourth-order valence-electron chi connectivity index (χ4n) is 3.57. The van der Waals surface area contributed by atoms with E-state index in [0.717, 1.165) is 24.8 Å². The van der Waals surface area contributed by atoms with Gasteiger partial charge in [0, 0.05) is 12.5 Å². The highest BCUT2D eigenvalue weighted by molar-refractivity contribution is 7.12. The van der Waals surface area contributed by atoms with Crippen LogP contribution in [0.3, 0.4) is 0 Å². The summed E-state index contributed by atoms with van der Waals surface area (Å²) in [5, 5.41) is 13.7. The third-order valence-electron chi connectivity index (χ3n) is 4.83. The highest BCUT2D eigenvalue weighted by atomic mass is 32.1. The molecule has 1 saturated carbocycles. The van der Waals surface area contributed by atoms with E-state index in [0.29, 0.717) is 16.9 Å². The maximum Gasteiger partial charge on any atom is 0.573 e. The fourth-order valence-corrected chi connectivity index (χ4v) is 4.39. The van der Waals surface area contributed by atoms with E-state index in [4.69, 9.17) is 5.11 Å². The first-order valence-corrected chi connectivity index (χ1v) is 10.0. The monoisotopic (exact) mass is 427 g/mol. The molecular formula is C20H20F3NO4S. The first-order valence-electron chi connectivity index (χ1n) is 9.17. The lowest BCUT2D eigenvalue weighted by Gasteiger charge is -2.28. The Morgan fingerprint density at radius 3 is 2.55 bits per heavy atom. The van der Waals surface area contributed by atoms with Crippen LogP contribution in [0.15, 0.2) is 35.7 Å². The molecule has 2 aromatic rings. The summed E-state index contributed by atoms with van der Waals surface area (Å²) in [6.07, 6.45) is -1.42. The molecule has 5 nitrogen and oxygen atoms in total. The predicted molar refractivity (Wildman–Crippen MR) is 102 cm³/mol. The number of nitrogens with one attached hydrogen (secondary N) is 1. The Hall–Kier alpha value is -2.55. The zero-order valence-electron chi connectivity index (χ0n) is 15.4. The van der Waals surface area contributed by atoms with Crippen LogP contribution in [0, 0.1) is 5.92 Å². The van der Waals surface area contributed by atoms with E-state index in [2.05, 4.69) is 10.1 Å². The smallest absolute Gasteiger partial charge is 0.481 e. The van der Waals surface area contributed by atoms with E-state index in [1.54, 1.807) is 11.4 Å². The molecule has 156 valence electrons. The number of hydrogen-bond donors (Lipinski definition) is 2. The minimum Gasteiger partial charge on any atom is -0.481 e. The summed E-state index contributed by atoms with van der Waals surface area (Å²) in [5.41, 5.74) is 1.40. The van der Waals surface area contributed by atoms with Gasteiger partial charge < -0.3 is 15.2 Å². The normalized spacial score (nSPS) is 19.6. The SMILES string of the molecule is O=C(O)CC1CCCC(NC(=O)c2cc(-c3ccc(OC(F)(F)F)cc3)cs2)C1. The van der Waals surface area contributed by atoms with E-state index < -0.39 is 12.3 Å². The molecule has 0 aliphatic heterocycles. The molecule has 29 heavy (non-hydrogen) atoms. The highest BCUT2D eigenvalue weighted by Gasteiger charge is 2.31. The van der Waals surface area contributed by atoms with E-state index in [-0.39, 0.29) is 30.0 Å². The molecule has 1 aromatic carbocycles. The molecule has 2 N–H and O–H groups in total. The van der Waals surface area contributed by atoms with Crippen LogP contribution in [0.4, 0.5) is 13.2 Å². The first-order chi connectivity index (χ1) is 13.7. The Balaban J connectivity index is 1.60. The standard InChI is InChI=1S/C20H20F3NO4S/c21-20(22,23)28-16-6-4-13(5-7-16)14-10-17(29-11-14)19(27)24-15-3-1-2-12(8-15)9-18(25)26/h4-7,10-12,15H,1-3,8-9H2,(H,24,27)(H,25,26). The molecule has 1 fully saturated rings. The van der Waals surface area contributed by atoms with Crippen molar-refractivity contribution in [2.45, 2.75) is 44.5 Å². The number of amides is 1. The summed E-state index contributed by atoms with van der Waals surface area (Å²) in [5.74, 6) is -1.28. The van der Waals surface area contributed by atoms with Crippen LogP contribution in [0.2, 0.25) is 0 Å². The lowest BCUT2D eigenvalue weighted by molar-refractivity contribution is -0.274. The Labute approximate surface area is 169 Å². The van der Waals surface area contributed by atoms with Crippen molar-refractivity contribution in [2.24, 2.45) is 5.92 Å². The second-order valence-corrected chi connectivity index (χ2v) is 7.98. The number of halogens is 3.